The first-order valence-electron chi connectivity index (χ1n) is 7.43. The van der Waals surface area contributed by atoms with Crippen LogP contribution in [0, 0.1) is 5.92 Å². The Hall–Kier alpha value is -0.610. The van der Waals surface area contributed by atoms with Crippen LogP contribution in [0.15, 0.2) is 0 Å². The van der Waals surface area contributed by atoms with Crippen LogP contribution in [0.25, 0.3) is 0 Å². The minimum Gasteiger partial charge on any atom is -0.378 e. The summed E-state index contributed by atoms with van der Waals surface area (Å²) in [6.45, 7) is 3.90. The second-order valence-corrected chi connectivity index (χ2v) is 5.51. The van der Waals surface area contributed by atoms with Crippen LogP contribution in [0.2, 0.25) is 0 Å². The molecule has 0 bridgehead atoms. The van der Waals surface area contributed by atoms with E-state index in [0.29, 0.717) is 12.5 Å². The van der Waals surface area contributed by atoms with E-state index < -0.39 is 0 Å². The lowest BCUT2D eigenvalue weighted by Gasteiger charge is -2.22. The zero-order chi connectivity index (χ0) is 12.6. The molecule has 2 fully saturated rings. The van der Waals surface area contributed by atoms with Crippen LogP contribution in [-0.4, -0.2) is 38.3 Å². The number of amides is 1. The molecule has 0 aromatic rings. The van der Waals surface area contributed by atoms with E-state index in [4.69, 9.17) is 4.74 Å². The van der Waals surface area contributed by atoms with Gasteiger partial charge in [-0.25, -0.2) is 0 Å². The lowest BCUT2D eigenvalue weighted by atomic mass is 9.93. The number of piperidine rings is 1. The predicted octanol–water partition coefficient (Wildman–Crippen LogP) is 1.45. The van der Waals surface area contributed by atoms with Gasteiger partial charge in [-0.15, -0.1) is 0 Å². The van der Waals surface area contributed by atoms with E-state index >= 15 is 0 Å². The lowest BCUT2D eigenvalue weighted by molar-refractivity contribution is -0.121. The van der Waals surface area contributed by atoms with Crippen molar-refractivity contribution in [3.05, 3.63) is 0 Å². The van der Waals surface area contributed by atoms with Gasteiger partial charge in [-0.05, 0) is 57.5 Å². The summed E-state index contributed by atoms with van der Waals surface area (Å²) in [5.74, 6) is 0.960. The van der Waals surface area contributed by atoms with Crippen molar-refractivity contribution in [1.29, 1.82) is 0 Å². The zero-order valence-corrected chi connectivity index (χ0v) is 11.2. The number of hydrogen-bond acceptors (Lipinski definition) is 3. The molecule has 2 aliphatic rings. The largest absolute Gasteiger partial charge is 0.378 e. The van der Waals surface area contributed by atoms with E-state index in [0.717, 1.165) is 51.4 Å². The molecule has 2 N–H and O–H groups in total. The Balaban J connectivity index is 1.49. The van der Waals surface area contributed by atoms with Gasteiger partial charge in [0, 0.05) is 19.6 Å². The van der Waals surface area contributed by atoms with Crippen LogP contribution in [0.4, 0.5) is 0 Å². The molecule has 0 aromatic heterocycles. The maximum Gasteiger partial charge on any atom is 0.220 e. The van der Waals surface area contributed by atoms with Gasteiger partial charge in [0.2, 0.25) is 5.91 Å². The van der Waals surface area contributed by atoms with Crippen molar-refractivity contribution in [2.75, 3.05) is 26.2 Å². The van der Waals surface area contributed by atoms with Crippen molar-refractivity contribution in [3.63, 3.8) is 0 Å². The highest BCUT2D eigenvalue weighted by molar-refractivity contribution is 5.75. The average Bonchev–Trinajstić information content (AvgIpc) is 2.91. The fraction of sp³-hybridized carbons (Fsp3) is 0.929. The zero-order valence-electron chi connectivity index (χ0n) is 11.2. The Bertz CT molecular complexity index is 246. The number of carbonyl (C=O) groups is 1. The number of rotatable bonds is 6. The SMILES string of the molecule is O=C(CCC1CCNCC1)NCCC1CCCO1. The van der Waals surface area contributed by atoms with Gasteiger partial charge < -0.3 is 15.4 Å². The van der Waals surface area contributed by atoms with E-state index in [1.807, 2.05) is 0 Å². The van der Waals surface area contributed by atoms with Gasteiger partial charge in [-0.2, -0.15) is 0 Å². The van der Waals surface area contributed by atoms with Gasteiger partial charge in [-0.1, -0.05) is 0 Å². The van der Waals surface area contributed by atoms with Crippen LogP contribution in [0.1, 0.15) is 44.9 Å². The first-order chi connectivity index (χ1) is 8.84. The number of carbonyl (C=O) groups excluding carboxylic acids is 1. The summed E-state index contributed by atoms with van der Waals surface area (Å²) in [6, 6.07) is 0. The van der Waals surface area contributed by atoms with E-state index in [1.54, 1.807) is 0 Å². The van der Waals surface area contributed by atoms with Crippen LogP contribution in [0.5, 0.6) is 0 Å². The maximum absolute atomic E-state index is 11.7. The van der Waals surface area contributed by atoms with Crippen LogP contribution < -0.4 is 10.6 Å². The third-order valence-electron chi connectivity index (χ3n) is 4.05. The van der Waals surface area contributed by atoms with Crippen molar-refractivity contribution < 1.29 is 9.53 Å². The molecule has 4 nitrogen and oxygen atoms in total. The molecule has 4 heteroatoms. The summed E-state index contributed by atoms with van der Waals surface area (Å²) in [5, 5.41) is 6.37. The highest BCUT2D eigenvalue weighted by Gasteiger charge is 2.16. The van der Waals surface area contributed by atoms with Gasteiger partial charge in [0.25, 0.3) is 0 Å². The Morgan fingerprint density at radius 2 is 2.06 bits per heavy atom. The highest BCUT2D eigenvalue weighted by atomic mass is 16.5. The molecule has 1 amide bonds. The van der Waals surface area contributed by atoms with Gasteiger partial charge in [0.1, 0.15) is 0 Å². The lowest BCUT2D eigenvalue weighted by Crippen LogP contribution is -2.30. The van der Waals surface area contributed by atoms with Crippen molar-refractivity contribution in [1.82, 2.24) is 10.6 Å². The molecule has 2 rings (SSSR count). The number of nitrogens with one attached hydrogen (secondary N) is 2. The third kappa shape index (κ3) is 4.94. The Morgan fingerprint density at radius 3 is 2.78 bits per heavy atom. The van der Waals surface area contributed by atoms with E-state index in [-0.39, 0.29) is 5.91 Å². The standard InChI is InChI=1S/C14H26N2O2/c17-14(4-3-12-5-8-15-9-6-12)16-10-7-13-2-1-11-18-13/h12-13,15H,1-11H2,(H,16,17). The number of hydrogen-bond donors (Lipinski definition) is 2. The number of ether oxygens (including phenoxy) is 1. The van der Waals surface area contributed by atoms with E-state index in [9.17, 15) is 4.79 Å². The van der Waals surface area contributed by atoms with Gasteiger partial charge >= 0.3 is 0 Å². The minimum atomic E-state index is 0.214. The molecule has 0 aliphatic carbocycles. The van der Waals surface area contributed by atoms with Crippen molar-refractivity contribution >= 4 is 5.91 Å². The molecule has 2 aliphatic heterocycles. The quantitative estimate of drug-likeness (QED) is 0.754. The molecule has 1 unspecified atom stereocenters. The summed E-state index contributed by atoms with van der Waals surface area (Å²) in [4.78, 5) is 11.7. The van der Waals surface area contributed by atoms with Gasteiger partial charge in [0.15, 0.2) is 0 Å². The topological polar surface area (TPSA) is 50.4 Å². The summed E-state index contributed by atoms with van der Waals surface area (Å²) >= 11 is 0. The van der Waals surface area contributed by atoms with E-state index in [2.05, 4.69) is 10.6 Å². The fourth-order valence-corrected chi connectivity index (χ4v) is 2.84. The molecule has 18 heavy (non-hydrogen) atoms. The Kier molecular flexibility index (Phi) is 5.94. The summed E-state index contributed by atoms with van der Waals surface area (Å²) < 4.78 is 5.53. The summed E-state index contributed by atoms with van der Waals surface area (Å²) in [7, 11) is 0. The average molecular weight is 254 g/mol. The van der Waals surface area contributed by atoms with Crippen molar-refractivity contribution in [2.24, 2.45) is 5.92 Å². The molecule has 1 atom stereocenters. The summed E-state index contributed by atoms with van der Waals surface area (Å²) in [5.41, 5.74) is 0. The van der Waals surface area contributed by atoms with Gasteiger partial charge in [0.05, 0.1) is 6.10 Å². The molecular formula is C14H26N2O2. The van der Waals surface area contributed by atoms with Crippen LogP contribution in [-0.2, 0) is 9.53 Å². The third-order valence-corrected chi connectivity index (χ3v) is 4.05. The smallest absolute Gasteiger partial charge is 0.220 e. The predicted molar refractivity (Wildman–Crippen MR) is 71.4 cm³/mol. The maximum atomic E-state index is 11.7. The van der Waals surface area contributed by atoms with Crippen LogP contribution in [0.3, 0.4) is 0 Å². The molecule has 2 heterocycles. The van der Waals surface area contributed by atoms with Crippen molar-refractivity contribution in [2.45, 2.75) is 51.0 Å². The van der Waals surface area contributed by atoms with Gasteiger partial charge in [-0.3, -0.25) is 4.79 Å². The summed E-state index contributed by atoms with van der Waals surface area (Å²) in [6.07, 6.45) is 7.88. The van der Waals surface area contributed by atoms with E-state index in [1.165, 1.54) is 19.3 Å². The minimum absolute atomic E-state index is 0.214. The highest BCUT2D eigenvalue weighted by Crippen LogP contribution is 2.17. The first kappa shape index (κ1) is 13.8. The molecule has 0 spiro atoms. The van der Waals surface area contributed by atoms with Crippen molar-refractivity contribution in [3.8, 4) is 0 Å². The second kappa shape index (κ2) is 7.74. The normalized spacial score (nSPS) is 25.2. The molecule has 0 radical (unpaired) electrons. The monoisotopic (exact) mass is 254 g/mol. The molecular weight excluding hydrogens is 228 g/mol. The second-order valence-electron chi connectivity index (χ2n) is 5.51. The first-order valence-corrected chi connectivity index (χ1v) is 7.43. The van der Waals surface area contributed by atoms with Crippen LogP contribution >= 0.6 is 0 Å². The Morgan fingerprint density at radius 1 is 1.22 bits per heavy atom. The Labute approximate surface area is 110 Å². The molecule has 2 saturated heterocycles. The molecule has 104 valence electrons. The molecule has 0 aromatic carbocycles. The molecule has 0 saturated carbocycles. The fourth-order valence-electron chi connectivity index (χ4n) is 2.84.